The minimum Gasteiger partial charge on any atom is -0.497 e. The fraction of sp³-hybridized carbons (Fsp3) is 0.667. The van der Waals surface area contributed by atoms with Crippen LogP contribution in [-0.4, -0.2) is 63.1 Å². The first-order valence-electron chi connectivity index (χ1n) is 11.5. The molecular formula is C24H42IN5O2. The molecule has 32 heavy (non-hydrogen) atoms. The lowest BCUT2D eigenvalue weighted by molar-refractivity contribution is -0.128. The van der Waals surface area contributed by atoms with Crippen LogP contribution in [0.5, 0.6) is 5.75 Å². The van der Waals surface area contributed by atoms with Crippen molar-refractivity contribution in [3.05, 3.63) is 29.8 Å². The number of halogens is 1. The maximum absolute atomic E-state index is 12.0. The third-order valence-electron chi connectivity index (χ3n) is 5.48. The van der Waals surface area contributed by atoms with E-state index in [0.29, 0.717) is 19.6 Å². The summed E-state index contributed by atoms with van der Waals surface area (Å²) in [5, 5.41) is 9.63. The van der Waals surface area contributed by atoms with Crippen LogP contribution in [0.1, 0.15) is 58.6 Å². The van der Waals surface area contributed by atoms with Gasteiger partial charge < -0.3 is 20.7 Å². The summed E-state index contributed by atoms with van der Waals surface area (Å²) in [7, 11) is 1.69. The number of nitrogens with zero attached hydrogens (tertiary/aromatic N) is 2. The molecule has 182 valence electrons. The Morgan fingerprint density at radius 1 is 1.06 bits per heavy atom. The van der Waals surface area contributed by atoms with Crippen LogP contribution in [0.15, 0.2) is 29.3 Å². The SMILES string of the molecule is CCNC(=NCC(c1ccc(OC)cc1)N1CCCCC1)NCCNC(=O)C(C)(C)C.I. The van der Waals surface area contributed by atoms with Gasteiger partial charge in [-0.05, 0) is 50.6 Å². The minimum absolute atomic E-state index is 0. The number of hydrogen-bond acceptors (Lipinski definition) is 4. The number of methoxy groups -OCH3 is 1. The van der Waals surface area contributed by atoms with E-state index in [-0.39, 0.29) is 41.3 Å². The number of aliphatic imine (C=N–C) groups is 1. The molecule has 7 nitrogen and oxygen atoms in total. The first kappa shape index (κ1) is 28.5. The quantitative estimate of drug-likeness (QED) is 0.187. The topological polar surface area (TPSA) is 78.0 Å². The van der Waals surface area contributed by atoms with Crippen molar-refractivity contribution >= 4 is 35.8 Å². The van der Waals surface area contributed by atoms with Gasteiger partial charge in [-0.1, -0.05) is 39.3 Å². The largest absolute Gasteiger partial charge is 0.497 e. The third-order valence-corrected chi connectivity index (χ3v) is 5.48. The van der Waals surface area contributed by atoms with E-state index >= 15 is 0 Å². The molecule has 0 bridgehead atoms. The summed E-state index contributed by atoms with van der Waals surface area (Å²) in [6.45, 7) is 12.7. The molecule has 1 unspecified atom stereocenters. The van der Waals surface area contributed by atoms with E-state index < -0.39 is 0 Å². The van der Waals surface area contributed by atoms with E-state index in [1.807, 2.05) is 32.9 Å². The molecule has 1 amide bonds. The Morgan fingerprint density at radius 3 is 2.25 bits per heavy atom. The first-order valence-corrected chi connectivity index (χ1v) is 11.5. The molecule has 2 rings (SSSR count). The van der Waals surface area contributed by atoms with Gasteiger partial charge in [0, 0.05) is 25.0 Å². The number of piperidine rings is 1. The van der Waals surface area contributed by atoms with Crippen LogP contribution in [-0.2, 0) is 4.79 Å². The van der Waals surface area contributed by atoms with Crippen LogP contribution >= 0.6 is 24.0 Å². The highest BCUT2D eigenvalue weighted by molar-refractivity contribution is 14.0. The molecule has 0 aromatic heterocycles. The first-order chi connectivity index (χ1) is 14.8. The van der Waals surface area contributed by atoms with Gasteiger partial charge in [0.25, 0.3) is 0 Å². The van der Waals surface area contributed by atoms with Gasteiger partial charge in [0.2, 0.25) is 5.91 Å². The summed E-state index contributed by atoms with van der Waals surface area (Å²) < 4.78 is 5.33. The number of amides is 1. The number of carbonyl (C=O) groups is 1. The van der Waals surface area contributed by atoms with Crippen LogP contribution in [0, 0.1) is 5.41 Å². The highest BCUT2D eigenvalue weighted by atomic mass is 127. The van der Waals surface area contributed by atoms with Gasteiger partial charge >= 0.3 is 0 Å². The van der Waals surface area contributed by atoms with Crippen molar-refractivity contribution < 1.29 is 9.53 Å². The van der Waals surface area contributed by atoms with Crippen molar-refractivity contribution in [2.75, 3.05) is 46.4 Å². The van der Waals surface area contributed by atoms with Crippen LogP contribution in [0.2, 0.25) is 0 Å². The summed E-state index contributed by atoms with van der Waals surface area (Å²) >= 11 is 0. The molecule has 0 spiro atoms. The maximum atomic E-state index is 12.0. The molecule has 3 N–H and O–H groups in total. The predicted molar refractivity (Wildman–Crippen MR) is 143 cm³/mol. The molecule has 1 aromatic rings. The Balaban J connectivity index is 0.00000512. The smallest absolute Gasteiger partial charge is 0.225 e. The number of benzene rings is 1. The second-order valence-electron chi connectivity index (χ2n) is 9.04. The number of likely N-dealkylation sites (tertiary alicyclic amines) is 1. The van der Waals surface area contributed by atoms with Gasteiger partial charge in [0.05, 0.1) is 19.7 Å². The van der Waals surface area contributed by atoms with Gasteiger partial charge in [0.15, 0.2) is 5.96 Å². The summed E-state index contributed by atoms with van der Waals surface area (Å²) in [6.07, 6.45) is 3.78. The Labute approximate surface area is 211 Å². The lowest BCUT2D eigenvalue weighted by Gasteiger charge is -2.34. The average molecular weight is 560 g/mol. The molecule has 1 atom stereocenters. The van der Waals surface area contributed by atoms with Gasteiger partial charge in [-0.2, -0.15) is 0 Å². The van der Waals surface area contributed by atoms with E-state index in [1.165, 1.54) is 24.8 Å². The third kappa shape index (κ3) is 9.52. The Morgan fingerprint density at radius 2 is 1.69 bits per heavy atom. The molecular weight excluding hydrogens is 517 g/mol. The van der Waals surface area contributed by atoms with E-state index in [4.69, 9.17) is 9.73 Å². The predicted octanol–water partition coefficient (Wildman–Crippen LogP) is 3.56. The zero-order chi connectivity index (χ0) is 22.7. The molecule has 0 radical (unpaired) electrons. The standard InChI is InChI=1S/C24H41N5O2.HI/c1-6-25-23(27-15-14-26-22(30)24(2,3)4)28-18-21(29-16-8-7-9-17-29)19-10-12-20(31-5)13-11-19;/h10-13,21H,6-9,14-18H2,1-5H3,(H,26,30)(H2,25,27,28);1H. The molecule has 1 heterocycles. The lowest BCUT2D eigenvalue weighted by atomic mass is 9.96. The van der Waals surface area contributed by atoms with Crippen molar-refractivity contribution in [2.45, 2.75) is 53.0 Å². The van der Waals surface area contributed by atoms with Crippen molar-refractivity contribution in [3.8, 4) is 5.75 Å². The Hall–Kier alpha value is -1.55. The van der Waals surface area contributed by atoms with Crippen molar-refractivity contribution in [2.24, 2.45) is 10.4 Å². The molecule has 0 saturated carbocycles. The van der Waals surface area contributed by atoms with Crippen molar-refractivity contribution in [1.82, 2.24) is 20.9 Å². The maximum Gasteiger partial charge on any atom is 0.225 e. The minimum atomic E-state index is -0.376. The zero-order valence-corrected chi connectivity index (χ0v) is 22.7. The van der Waals surface area contributed by atoms with E-state index in [1.54, 1.807) is 7.11 Å². The monoisotopic (exact) mass is 559 g/mol. The fourth-order valence-corrected chi connectivity index (χ4v) is 3.63. The summed E-state index contributed by atoms with van der Waals surface area (Å²) in [5.41, 5.74) is 0.887. The second-order valence-corrected chi connectivity index (χ2v) is 9.04. The van der Waals surface area contributed by atoms with E-state index in [9.17, 15) is 4.79 Å². The van der Waals surface area contributed by atoms with Crippen LogP contribution in [0.3, 0.4) is 0 Å². The highest BCUT2D eigenvalue weighted by Gasteiger charge is 2.23. The molecule has 1 aliphatic heterocycles. The van der Waals surface area contributed by atoms with E-state index in [0.717, 1.165) is 31.3 Å². The average Bonchev–Trinajstić information content (AvgIpc) is 2.77. The summed E-state index contributed by atoms with van der Waals surface area (Å²) in [6, 6.07) is 8.59. The number of rotatable bonds is 9. The molecule has 8 heteroatoms. The fourth-order valence-electron chi connectivity index (χ4n) is 3.63. The van der Waals surface area contributed by atoms with Gasteiger partial charge in [-0.3, -0.25) is 14.7 Å². The van der Waals surface area contributed by atoms with Crippen LogP contribution in [0.25, 0.3) is 0 Å². The highest BCUT2D eigenvalue weighted by Crippen LogP contribution is 2.26. The van der Waals surface area contributed by atoms with Gasteiger partial charge in [-0.25, -0.2) is 0 Å². The zero-order valence-electron chi connectivity index (χ0n) is 20.4. The van der Waals surface area contributed by atoms with Gasteiger partial charge in [-0.15, -0.1) is 24.0 Å². The number of nitrogens with one attached hydrogen (secondary N) is 3. The Bertz CT molecular complexity index is 697. The van der Waals surface area contributed by atoms with Gasteiger partial charge in [0.1, 0.15) is 5.75 Å². The number of carbonyl (C=O) groups excluding carboxylic acids is 1. The molecule has 1 aromatic carbocycles. The summed E-state index contributed by atoms with van der Waals surface area (Å²) in [5.74, 6) is 1.71. The molecule has 0 aliphatic carbocycles. The van der Waals surface area contributed by atoms with Crippen molar-refractivity contribution in [1.29, 1.82) is 0 Å². The van der Waals surface area contributed by atoms with Crippen molar-refractivity contribution in [3.63, 3.8) is 0 Å². The Kier molecular flexibility index (Phi) is 13.0. The van der Waals surface area contributed by atoms with Crippen LogP contribution < -0.4 is 20.7 Å². The number of hydrogen-bond donors (Lipinski definition) is 3. The molecule has 1 aliphatic rings. The van der Waals surface area contributed by atoms with Crippen LogP contribution in [0.4, 0.5) is 0 Å². The summed E-state index contributed by atoms with van der Waals surface area (Å²) in [4.78, 5) is 19.5. The number of ether oxygens (including phenoxy) is 1. The molecule has 1 fully saturated rings. The second kappa shape index (κ2) is 14.6. The van der Waals surface area contributed by atoms with E-state index in [2.05, 4.69) is 39.9 Å². The lowest BCUT2D eigenvalue weighted by Crippen LogP contribution is -2.44. The number of guanidine groups is 1. The normalized spacial score (nSPS) is 16.0. The molecule has 1 saturated heterocycles.